The van der Waals surface area contributed by atoms with Crippen LogP contribution in [0.5, 0.6) is 0 Å². The Morgan fingerprint density at radius 2 is 1.10 bits per heavy atom. The molecule has 13 heteroatoms. The fourth-order valence-electron chi connectivity index (χ4n) is 2.95. The molecule has 0 radical (unpaired) electrons. The molecule has 2 aromatic carbocycles. The molecule has 0 heterocycles. The van der Waals surface area contributed by atoms with Crippen LogP contribution in [0.25, 0.3) is 0 Å². The molecule has 2 aromatic rings. The van der Waals surface area contributed by atoms with Crippen LogP contribution in [0.1, 0.15) is 27.6 Å². The summed E-state index contributed by atoms with van der Waals surface area (Å²) in [5.74, 6) is -2.75. The van der Waals surface area contributed by atoms with Crippen molar-refractivity contribution in [3.8, 4) is 0 Å². The van der Waals surface area contributed by atoms with E-state index in [1.807, 2.05) is 0 Å². The molecule has 0 fully saturated rings. The van der Waals surface area contributed by atoms with Crippen molar-refractivity contribution in [3.05, 3.63) is 71.8 Å². The molecule has 0 spiro atoms. The van der Waals surface area contributed by atoms with E-state index < -0.39 is 41.7 Å². The lowest BCUT2D eigenvalue weighted by atomic mass is 10.2. The van der Waals surface area contributed by atoms with Crippen LogP contribution in [0.2, 0.25) is 0 Å². The van der Waals surface area contributed by atoms with Gasteiger partial charge in [-0.2, -0.15) is 0 Å². The van der Waals surface area contributed by atoms with Gasteiger partial charge in [-0.25, -0.2) is 0 Å². The van der Waals surface area contributed by atoms with Gasteiger partial charge in [0, 0.05) is 22.6 Å². The molecule has 0 saturated carbocycles. The summed E-state index contributed by atoms with van der Waals surface area (Å²) < 4.78 is 4.53. The van der Waals surface area contributed by atoms with Crippen LogP contribution in [-0.4, -0.2) is 79.2 Å². The van der Waals surface area contributed by atoms with Crippen molar-refractivity contribution < 1.29 is 33.5 Å². The lowest BCUT2D eigenvalue weighted by Crippen LogP contribution is -2.49. The van der Waals surface area contributed by atoms with Crippen molar-refractivity contribution in [2.75, 3.05) is 31.7 Å². The van der Waals surface area contributed by atoms with E-state index in [0.717, 1.165) is 0 Å². The summed E-state index contributed by atoms with van der Waals surface area (Å²) in [4.78, 5) is 73.4. The molecule has 2 atom stereocenters. The van der Waals surface area contributed by atoms with Gasteiger partial charge in [-0.05, 0) is 31.2 Å². The van der Waals surface area contributed by atoms with Gasteiger partial charge in [0.1, 0.15) is 24.4 Å². The number of esters is 1. The fourth-order valence-corrected chi connectivity index (χ4v) is 5.28. The number of hydrogen-bond donors (Lipinski definition) is 4. The van der Waals surface area contributed by atoms with E-state index in [2.05, 4.69) is 26.0 Å². The topological polar surface area (TPSA) is 160 Å². The lowest BCUT2D eigenvalue weighted by molar-refractivity contribution is -0.141. The van der Waals surface area contributed by atoms with Gasteiger partial charge >= 0.3 is 5.97 Å². The number of carbonyl (C=O) groups is 6. The zero-order chi connectivity index (χ0) is 28.6. The van der Waals surface area contributed by atoms with Crippen LogP contribution < -0.4 is 21.3 Å². The van der Waals surface area contributed by atoms with Gasteiger partial charge in [0.2, 0.25) is 11.8 Å². The summed E-state index contributed by atoms with van der Waals surface area (Å²) in [6, 6.07) is 14.7. The van der Waals surface area contributed by atoms with Gasteiger partial charge in [0.25, 0.3) is 11.8 Å². The van der Waals surface area contributed by atoms with Crippen LogP contribution in [0.4, 0.5) is 0 Å². The molecule has 39 heavy (non-hydrogen) atoms. The third-order valence-corrected chi connectivity index (χ3v) is 7.44. The molecule has 2 rings (SSSR count). The molecule has 0 unspecified atom stereocenters. The first-order valence-electron chi connectivity index (χ1n) is 11.8. The number of rotatable bonds is 15. The van der Waals surface area contributed by atoms with Crippen molar-refractivity contribution >= 4 is 57.0 Å². The summed E-state index contributed by atoms with van der Waals surface area (Å²) in [5, 5.41) is 10.2. The van der Waals surface area contributed by atoms with Crippen LogP contribution in [0, 0.1) is 0 Å². The van der Waals surface area contributed by atoms with Crippen LogP contribution in [0.3, 0.4) is 0 Å². The minimum absolute atomic E-state index is 0.0880. The van der Waals surface area contributed by atoms with Crippen molar-refractivity contribution in [1.29, 1.82) is 0 Å². The van der Waals surface area contributed by atoms with Crippen molar-refractivity contribution in [3.63, 3.8) is 0 Å². The standard InChI is InChI=1S/C26H30N4O7S2/c1-17(31)13-27-25(35)20(29-23(33)18-9-5-3-6-10-18)15-38-39-16-21(26(36)28-14-22(32)37-2)30-24(34)19-11-7-4-8-12-19/h3-12,20-21H,13-16H2,1-2H3,(H,27,35)(H,28,36)(H,29,33)(H,30,34)/t20-,21-/m0/s1. The molecule has 0 aromatic heterocycles. The van der Waals surface area contributed by atoms with Gasteiger partial charge in [0.15, 0.2) is 0 Å². The van der Waals surface area contributed by atoms with E-state index >= 15 is 0 Å². The molecule has 0 aliphatic heterocycles. The summed E-state index contributed by atoms with van der Waals surface area (Å²) in [6.45, 7) is 0.786. The number of amides is 4. The second kappa shape index (κ2) is 16.9. The first-order chi connectivity index (χ1) is 18.7. The number of carbonyl (C=O) groups excluding carboxylic acids is 6. The number of benzene rings is 2. The number of ether oxygens (including phenoxy) is 1. The molecule has 0 bridgehead atoms. The van der Waals surface area contributed by atoms with E-state index in [1.165, 1.54) is 35.6 Å². The maximum Gasteiger partial charge on any atom is 0.325 e. The van der Waals surface area contributed by atoms with E-state index in [4.69, 9.17) is 0 Å². The predicted octanol–water partition coefficient (Wildman–Crippen LogP) is 0.959. The van der Waals surface area contributed by atoms with Crippen LogP contribution in [0.15, 0.2) is 60.7 Å². The normalized spacial score (nSPS) is 11.8. The highest BCUT2D eigenvalue weighted by Crippen LogP contribution is 2.23. The Morgan fingerprint density at radius 3 is 1.49 bits per heavy atom. The second-order valence-electron chi connectivity index (χ2n) is 8.07. The first kappa shape index (κ1) is 31.4. The Kier molecular flexibility index (Phi) is 13.6. The first-order valence-corrected chi connectivity index (χ1v) is 14.3. The Balaban J connectivity index is 2.03. The van der Waals surface area contributed by atoms with Gasteiger partial charge in [-0.15, -0.1) is 0 Å². The number of methoxy groups -OCH3 is 1. The van der Waals surface area contributed by atoms with Gasteiger partial charge in [0.05, 0.1) is 13.7 Å². The monoisotopic (exact) mass is 574 g/mol. The highest BCUT2D eigenvalue weighted by molar-refractivity contribution is 8.76. The zero-order valence-electron chi connectivity index (χ0n) is 21.4. The second-order valence-corrected chi connectivity index (χ2v) is 10.6. The summed E-state index contributed by atoms with van der Waals surface area (Å²) >= 11 is 0. The molecular formula is C26H30N4O7S2. The highest BCUT2D eigenvalue weighted by Gasteiger charge is 2.25. The minimum Gasteiger partial charge on any atom is -0.468 e. The van der Waals surface area contributed by atoms with Crippen LogP contribution in [-0.2, 0) is 23.9 Å². The summed E-state index contributed by atoms with van der Waals surface area (Å²) in [7, 11) is 3.57. The number of hydrogen-bond acceptors (Lipinski definition) is 9. The maximum atomic E-state index is 12.7. The van der Waals surface area contributed by atoms with Gasteiger partial charge in [-0.1, -0.05) is 58.0 Å². The van der Waals surface area contributed by atoms with Crippen LogP contribution >= 0.6 is 21.6 Å². The van der Waals surface area contributed by atoms with E-state index in [-0.39, 0.29) is 30.4 Å². The van der Waals surface area contributed by atoms with Crippen molar-refractivity contribution in [1.82, 2.24) is 21.3 Å². The third-order valence-electron chi connectivity index (χ3n) is 5.01. The number of ketones is 1. The molecule has 4 amide bonds. The smallest absolute Gasteiger partial charge is 0.325 e. The number of nitrogens with one attached hydrogen (secondary N) is 4. The SMILES string of the molecule is COC(=O)CNC(=O)[C@H](CSSC[C@H](NC(=O)c1ccccc1)C(=O)NCC(C)=O)NC(=O)c1ccccc1. The Labute approximate surface area is 234 Å². The molecular weight excluding hydrogens is 544 g/mol. The molecule has 0 aliphatic rings. The minimum atomic E-state index is -1.01. The largest absolute Gasteiger partial charge is 0.468 e. The zero-order valence-corrected chi connectivity index (χ0v) is 23.1. The Bertz CT molecular complexity index is 1150. The highest BCUT2D eigenvalue weighted by atomic mass is 33.1. The fraction of sp³-hybridized carbons (Fsp3) is 0.308. The van der Waals surface area contributed by atoms with Gasteiger partial charge in [-0.3, -0.25) is 28.8 Å². The van der Waals surface area contributed by atoms with Gasteiger partial charge < -0.3 is 26.0 Å². The quantitative estimate of drug-likeness (QED) is 0.138. The molecule has 4 N–H and O–H groups in total. The van der Waals surface area contributed by atoms with Crippen molar-refractivity contribution in [2.24, 2.45) is 0 Å². The third kappa shape index (κ3) is 11.6. The molecule has 208 valence electrons. The Hall–Kier alpha value is -3.84. The van der Waals surface area contributed by atoms with E-state index in [0.29, 0.717) is 11.1 Å². The maximum absolute atomic E-state index is 12.7. The molecule has 11 nitrogen and oxygen atoms in total. The molecule has 0 saturated heterocycles. The average molecular weight is 575 g/mol. The molecule has 0 aliphatic carbocycles. The number of Topliss-reactive ketones (excluding diaryl/α,β-unsaturated/α-hetero) is 1. The predicted molar refractivity (Wildman–Crippen MR) is 149 cm³/mol. The van der Waals surface area contributed by atoms with E-state index in [1.54, 1.807) is 60.7 Å². The summed E-state index contributed by atoms with van der Waals surface area (Å²) in [5.41, 5.74) is 0.720. The van der Waals surface area contributed by atoms with E-state index in [9.17, 15) is 28.8 Å². The Morgan fingerprint density at radius 1 is 0.692 bits per heavy atom. The lowest BCUT2D eigenvalue weighted by Gasteiger charge is -2.20. The average Bonchev–Trinajstić information content (AvgIpc) is 2.95. The summed E-state index contributed by atoms with van der Waals surface area (Å²) in [6.07, 6.45) is 0. The van der Waals surface area contributed by atoms with Crippen molar-refractivity contribution in [2.45, 2.75) is 19.0 Å².